The van der Waals surface area contributed by atoms with E-state index in [2.05, 4.69) is 10.2 Å². The minimum Gasteiger partial charge on any atom is -0.467 e. The fourth-order valence-corrected chi connectivity index (χ4v) is 1.40. The second kappa shape index (κ2) is 4.10. The Morgan fingerprint density at radius 2 is 2.00 bits per heavy atom. The molecule has 15 heavy (non-hydrogen) atoms. The highest BCUT2D eigenvalue weighted by Gasteiger charge is 2.11. The molecular weight excluding hydrogens is 192 g/mol. The monoisotopic (exact) mass is 204 g/mol. The van der Waals surface area contributed by atoms with Crippen LogP contribution in [0.3, 0.4) is 0 Å². The van der Waals surface area contributed by atoms with Crippen molar-refractivity contribution in [1.29, 1.82) is 0 Å². The van der Waals surface area contributed by atoms with E-state index in [-0.39, 0.29) is 0 Å². The van der Waals surface area contributed by atoms with Gasteiger partial charge in [-0.3, -0.25) is 0 Å². The average Bonchev–Trinajstić information content (AvgIpc) is 2.72. The lowest BCUT2D eigenvalue weighted by molar-refractivity contribution is 0.371. The Morgan fingerprint density at radius 1 is 1.27 bits per heavy atom. The van der Waals surface area contributed by atoms with Crippen molar-refractivity contribution in [2.45, 2.75) is 6.54 Å². The Balaban J connectivity index is 2.55. The molecule has 0 fully saturated rings. The van der Waals surface area contributed by atoms with Crippen molar-refractivity contribution in [1.82, 2.24) is 14.8 Å². The summed E-state index contributed by atoms with van der Waals surface area (Å²) in [7, 11) is 1.56. The molecular formula is C10H12N4O. The first-order valence-corrected chi connectivity index (χ1v) is 4.60. The van der Waals surface area contributed by atoms with E-state index in [1.807, 2.05) is 30.3 Å². The third-order valence-electron chi connectivity index (χ3n) is 2.08. The third-order valence-corrected chi connectivity index (χ3v) is 2.08. The summed E-state index contributed by atoms with van der Waals surface area (Å²) in [6.45, 7) is 0.325. The second-order valence-corrected chi connectivity index (χ2v) is 2.98. The van der Waals surface area contributed by atoms with Crippen LogP contribution in [-0.4, -0.2) is 21.9 Å². The lowest BCUT2D eigenvalue weighted by Gasteiger charge is -2.07. The summed E-state index contributed by atoms with van der Waals surface area (Å²) in [6.07, 6.45) is 0. The Kier molecular flexibility index (Phi) is 2.64. The van der Waals surface area contributed by atoms with Crippen LogP contribution in [0.15, 0.2) is 30.3 Å². The molecule has 0 radical (unpaired) electrons. The number of benzene rings is 1. The fraction of sp³-hybridized carbons (Fsp3) is 0.200. The number of hydrogen-bond acceptors (Lipinski definition) is 4. The molecule has 5 heteroatoms. The number of methoxy groups -OCH3 is 1. The van der Waals surface area contributed by atoms with Gasteiger partial charge >= 0.3 is 6.01 Å². The van der Waals surface area contributed by atoms with E-state index in [0.717, 1.165) is 5.69 Å². The van der Waals surface area contributed by atoms with Gasteiger partial charge in [-0.2, -0.15) is 0 Å². The maximum Gasteiger partial charge on any atom is 0.321 e. The van der Waals surface area contributed by atoms with E-state index in [1.165, 1.54) is 0 Å². The van der Waals surface area contributed by atoms with Gasteiger partial charge < -0.3 is 10.5 Å². The maximum absolute atomic E-state index is 5.58. The number of nitrogens with two attached hydrogens (primary N) is 1. The molecule has 78 valence electrons. The predicted molar refractivity (Wildman–Crippen MR) is 55.8 cm³/mol. The molecule has 5 nitrogen and oxygen atoms in total. The lowest BCUT2D eigenvalue weighted by Crippen LogP contribution is -2.07. The molecule has 0 aliphatic heterocycles. The van der Waals surface area contributed by atoms with Crippen LogP contribution < -0.4 is 10.5 Å². The molecule has 1 heterocycles. The molecule has 2 rings (SSSR count). The van der Waals surface area contributed by atoms with Crippen LogP contribution in [0.2, 0.25) is 0 Å². The van der Waals surface area contributed by atoms with Gasteiger partial charge in [0.25, 0.3) is 0 Å². The summed E-state index contributed by atoms with van der Waals surface area (Å²) in [5, 5.41) is 7.84. The quantitative estimate of drug-likeness (QED) is 0.800. The van der Waals surface area contributed by atoms with Crippen molar-refractivity contribution in [2.24, 2.45) is 5.73 Å². The smallest absolute Gasteiger partial charge is 0.321 e. The van der Waals surface area contributed by atoms with E-state index >= 15 is 0 Å². The first-order valence-electron chi connectivity index (χ1n) is 4.60. The lowest BCUT2D eigenvalue weighted by atomic mass is 10.3. The number of hydrogen-bond donors (Lipinski definition) is 1. The first-order chi connectivity index (χ1) is 7.36. The van der Waals surface area contributed by atoms with E-state index in [1.54, 1.807) is 11.7 Å². The van der Waals surface area contributed by atoms with Gasteiger partial charge in [0, 0.05) is 0 Å². The zero-order valence-corrected chi connectivity index (χ0v) is 8.42. The van der Waals surface area contributed by atoms with Crippen molar-refractivity contribution in [3.63, 3.8) is 0 Å². The summed E-state index contributed by atoms with van der Waals surface area (Å²) in [5.74, 6) is 0.679. The summed E-state index contributed by atoms with van der Waals surface area (Å²) >= 11 is 0. The summed E-state index contributed by atoms with van der Waals surface area (Å²) in [6, 6.07) is 10.2. The molecule has 0 spiro atoms. The topological polar surface area (TPSA) is 66.0 Å². The Morgan fingerprint density at radius 3 is 2.60 bits per heavy atom. The van der Waals surface area contributed by atoms with Crippen LogP contribution in [0.4, 0.5) is 0 Å². The number of ether oxygens (including phenoxy) is 1. The molecule has 2 N–H and O–H groups in total. The van der Waals surface area contributed by atoms with Crippen molar-refractivity contribution < 1.29 is 4.74 Å². The predicted octanol–water partition coefficient (Wildman–Crippen LogP) is 0.735. The molecule has 1 aromatic heterocycles. The average molecular weight is 204 g/mol. The van der Waals surface area contributed by atoms with E-state index in [9.17, 15) is 0 Å². The Bertz CT molecular complexity index is 416. The molecule has 2 aromatic rings. The molecule has 0 unspecified atom stereocenters. The highest BCUT2D eigenvalue weighted by molar-refractivity contribution is 5.35. The van der Waals surface area contributed by atoms with Gasteiger partial charge in [-0.15, -0.1) is 5.10 Å². The van der Waals surface area contributed by atoms with Gasteiger partial charge in [0.15, 0.2) is 5.82 Å². The van der Waals surface area contributed by atoms with Gasteiger partial charge in [0.2, 0.25) is 0 Å². The van der Waals surface area contributed by atoms with Crippen LogP contribution >= 0.6 is 0 Å². The van der Waals surface area contributed by atoms with E-state index in [4.69, 9.17) is 10.5 Å². The van der Waals surface area contributed by atoms with Gasteiger partial charge in [0.05, 0.1) is 19.3 Å². The summed E-state index contributed by atoms with van der Waals surface area (Å²) < 4.78 is 6.91. The highest BCUT2D eigenvalue weighted by Crippen LogP contribution is 2.17. The van der Waals surface area contributed by atoms with Crippen LogP contribution in [0.5, 0.6) is 6.01 Å². The molecule has 0 atom stereocenters. The minimum absolute atomic E-state index is 0.325. The normalized spacial score (nSPS) is 10.3. The minimum atomic E-state index is 0.325. The molecule has 0 aliphatic carbocycles. The van der Waals surface area contributed by atoms with Gasteiger partial charge in [-0.25, -0.2) is 4.57 Å². The fourth-order valence-electron chi connectivity index (χ4n) is 1.40. The molecule has 0 bridgehead atoms. The van der Waals surface area contributed by atoms with Crippen molar-refractivity contribution >= 4 is 0 Å². The number of nitrogens with zero attached hydrogens (tertiary/aromatic N) is 3. The molecule has 0 saturated carbocycles. The van der Waals surface area contributed by atoms with E-state index in [0.29, 0.717) is 18.4 Å². The van der Waals surface area contributed by atoms with E-state index < -0.39 is 0 Å². The SMILES string of the molecule is COc1nnc(CN)n1-c1ccccc1. The summed E-state index contributed by atoms with van der Waals surface area (Å²) in [5.41, 5.74) is 6.52. The van der Waals surface area contributed by atoms with Crippen molar-refractivity contribution in [3.05, 3.63) is 36.2 Å². The molecule has 1 aromatic carbocycles. The standard InChI is InChI=1S/C10H12N4O/c1-15-10-13-12-9(7-11)14(10)8-5-3-2-4-6-8/h2-6H,7,11H2,1H3. The Hall–Kier alpha value is -1.88. The van der Waals surface area contributed by atoms with Crippen molar-refractivity contribution in [2.75, 3.05) is 7.11 Å². The molecule has 0 saturated heterocycles. The highest BCUT2D eigenvalue weighted by atomic mass is 16.5. The third kappa shape index (κ3) is 1.69. The van der Waals surface area contributed by atoms with Gasteiger partial charge in [0.1, 0.15) is 0 Å². The molecule has 0 aliphatic rings. The van der Waals surface area contributed by atoms with Crippen LogP contribution in [-0.2, 0) is 6.54 Å². The number of rotatable bonds is 3. The van der Waals surface area contributed by atoms with Gasteiger partial charge in [-0.05, 0) is 12.1 Å². The zero-order chi connectivity index (χ0) is 10.7. The Labute approximate surface area is 87.5 Å². The van der Waals surface area contributed by atoms with Crippen LogP contribution in [0.1, 0.15) is 5.82 Å². The number of aromatic nitrogens is 3. The van der Waals surface area contributed by atoms with Crippen molar-refractivity contribution in [3.8, 4) is 11.7 Å². The number of para-hydroxylation sites is 1. The maximum atomic E-state index is 5.58. The van der Waals surface area contributed by atoms with Gasteiger partial charge in [-0.1, -0.05) is 23.3 Å². The van der Waals surface area contributed by atoms with Crippen LogP contribution in [0.25, 0.3) is 5.69 Å². The first kappa shape index (κ1) is 9.67. The largest absolute Gasteiger partial charge is 0.467 e. The van der Waals surface area contributed by atoms with Crippen LogP contribution in [0, 0.1) is 0 Å². The molecule has 0 amide bonds. The zero-order valence-electron chi connectivity index (χ0n) is 8.42. The summed E-state index contributed by atoms with van der Waals surface area (Å²) in [4.78, 5) is 0. The second-order valence-electron chi connectivity index (χ2n) is 2.98.